The summed E-state index contributed by atoms with van der Waals surface area (Å²) in [5.41, 5.74) is 4.73. The molecule has 2 aliphatic carbocycles. The maximum Gasteiger partial charge on any atom is 0.407 e. The SMILES string of the molecule is CC1CN(C(=O)[C@@H]2CC[C@H](NC(=O)OCC3c4ccccc4-c4ccccc43)C2)CC1CC(=O)O. The first kappa shape index (κ1) is 23.4. The molecule has 0 radical (unpaired) electrons. The molecule has 184 valence electrons. The topological polar surface area (TPSA) is 95.9 Å². The van der Waals surface area contributed by atoms with E-state index < -0.39 is 12.1 Å². The van der Waals surface area contributed by atoms with Gasteiger partial charge < -0.3 is 20.1 Å². The van der Waals surface area contributed by atoms with Gasteiger partial charge in [-0.2, -0.15) is 0 Å². The summed E-state index contributed by atoms with van der Waals surface area (Å²) in [6.07, 6.45) is 1.71. The fraction of sp³-hybridized carbons (Fsp3) is 0.464. The molecule has 35 heavy (non-hydrogen) atoms. The molecule has 2 aromatic rings. The summed E-state index contributed by atoms with van der Waals surface area (Å²) >= 11 is 0. The molecular formula is C28H32N2O5. The molecule has 2 fully saturated rings. The number of rotatable bonds is 6. The van der Waals surface area contributed by atoms with E-state index in [9.17, 15) is 14.4 Å². The number of fused-ring (bicyclic) bond motifs is 3. The van der Waals surface area contributed by atoms with Crippen molar-refractivity contribution >= 4 is 18.0 Å². The molecule has 2 unspecified atom stereocenters. The number of nitrogens with zero attached hydrogens (tertiary/aromatic N) is 1. The summed E-state index contributed by atoms with van der Waals surface area (Å²) in [4.78, 5) is 38.5. The van der Waals surface area contributed by atoms with E-state index in [0.29, 0.717) is 19.5 Å². The molecule has 1 saturated heterocycles. The molecule has 4 atom stereocenters. The molecule has 0 bridgehead atoms. The van der Waals surface area contributed by atoms with Crippen LogP contribution in [0.25, 0.3) is 11.1 Å². The molecule has 2 N–H and O–H groups in total. The van der Waals surface area contributed by atoms with Crippen molar-refractivity contribution in [3.63, 3.8) is 0 Å². The summed E-state index contributed by atoms with van der Waals surface area (Å²) in [6.45, 7) is 3.40. The lowest BCUT2D eigenvalue weighted by molar-refractivity contribution is -0.139. The number of carboxylic acids is 1. The second-order valence-electron chi connectivity index (χ2n) is 10.3. The molecule has 2 amide bonds. The van der Waals surface area contributed by atoms with E-state index in [2.05, 4.69) is 29.6 Å². The number of carbonyl (C=O) groups excluding carboxylic acids is 2. The lowest BCUT2D eigenvalue weighted by Gasteiger charge is -2.21. The van der Waals surface area contributed by atoms with Gasteiger partial charge in [0.25, 0.3) is 0 Å². The molecule has 2 aromatic carbocycles. The first-order valence-electron chi connectivity index (χ1n) is 12.5. The Morgan fingerprint density at radius 2 is 1.66 bits per heavy atom. The number of ether oxygens (including phenoxy) is 1. The third-order valence-corrected chi connectivity index (χ3v) is 7.96. The number of likely N-dealkylation sites (tertiary alicyclic amines) is 1. The second kappa shape index (κ2) is 9.72. The summed E-state index contributed by atoms with van der Waals surface area (Å²) < 4.78 is 5.66. The average Bonchev–Trinajstić information content (AvgIpc) is 3.53. The highest BCUT2D eigenvalue weighted by molar-refractivity contribution is 5.80. The van der Waals surface area contributed by atoms with Crippen LogP contribution in [0.1, 0.15) is 49.7 Å². The van der Waals surface area contributed by atoms with E-state index in [1.54, 1.807) is 0 Å². The Hall–Kier alpha value is -3.35. The van der Waals surface area contributed by atoms with Crippen molar-refractivity contribution in [1.29, 1.82) is 0 Å². The highest BCUT2D eigenvalue weighted by Gasteiger charge is 2.39. The van der Waals surface area contributed by atoms with E-state index in [0.717, 1.165) is 12.8 Å². The van der Waals surface area contributed by atoms with Crippen LogP contribution in [0.15, 0.2) is 48.5 Å². The van der Waals surface area contributed by atoms with Gasteiger partial charge in [0.05, 0.1) is 6.42 Å². The van der Waals surface area contributed by atoms with Gasteiger partial charge in [0.15, 0.2) is 0 Å². The Labute approximate surface area is 205 Å². The Kier molecular flexibility index (Phi) is 6.50. The van der Waals surface area contributed by atoms with Gasteiger partial charge in [0, 0.05) is 31.0 Å². The Bertz CT molecular complexity index is 1090. The zero-order valence-electron chi connectivity index (χ0n) is 20.0. The Balaban J connectivity index is 1.13. The summed E-state index contributed by atoms with van der Waals surface area (Å²) in [5.74, 6) is -0.656. The normalized spacial score (nSPS) is 25.2. The van der Waals surface area contributed by atoms with Crippen LogP contribution in [0.4, 0.5) is 4.79 Å². The highest BCUT2D eigenvalue weighted by atomic mass is 16.5. The molecule has 5 rings (SSSR count). The van der Waals surface area contributed by atoms with Crippen molar-refractivity contribution in [2.75, 3.05) is 19.7 Å². The van der Waals surface area contributed by atoms with Gasteiger partial charge >= 0.3 is 12.1 Å². The van der Waals surface area contributed by atoms with Gasteiger partial charge in [-0.05, 0) is 53.4 Å². The van der Waals surface area contributed by atoms with Crippen LogP contribution in [0.5, 0.6) is 0 Å². The molecule has 0 aromatic heterocycles. The first-order chi connectivity index (χ1) is 16.9. The van der Waals surface area contributed by atoms with Crippen molar-refractivity contribution in [1.82, 2.24) is 10.2 Å². The third-order valence-electron chi connectivity index (χ3n) is 7.96. The standard InChI is InChI=1S/C28H32N2O5/c1-17-14-30(15-19(17)13-26(31)32)27(33)18-10-11-20(12-18)29-28(34)35-16-25-23-8-4-2-6-21(23)22-7-3-5-9-24(22)25/h2-9,17-20,25H,10-16H2,1H3,(H,29,34)(H,31,32)/t17?,18-,19?,20+/m1/s1. The fourth-order valence-corrected chi connectivity index (χ4v) is 6.11. The molecular weight excluding hydrogens is 444 g/mol. The molecule has 7 heteroatoms. The van der Waals surface area contributed by atoms with Crippen molar-refractivity contribution < 1.29 is 24.2 Å². The van der Waals surface area contributed by atoms with Gasteiger partial charge in [0.1, 0.15) is 6.61 Å². The number of carboxylic acid groups (broad SMARTS) is 1. The van der Waals surface area contributed by atoms with E-state index in [1.807, 2.05) is 36.1 Å². The smallest absolute Gasteiger partial charge is 0.407 e. The minimum absolute atomic E-state index is 0.00704. The van der Waals surface area contributed by atoms with Crippen molar-refractivity contribution in [2.24, 2.45) is 17.8 Å². The van der Waals surface area contributed by atoms with Gasteiger partial charge in [-0.15, -0.1) is 0 Å². The number of carbonyl (C=O) groups is 3. The average molecular weight is 477 g/mol. The number of nitrogens with one attached hydrogen (secondary N) is 1. The Morgan fingerprint density at radius 1 is 1.00 bits per heavy atom. The summed E-state index contributed by atoms with van der Waals surface area (Å²) in [7, 11) is 0. The molecule has 1 saturated carbocycles. The van der Waals surface area contributed by atoms with Crippen LogP contribution in [0.3, 0.4) is 0 Å². The Morgan fingerprint density at radius 3 is 2.31 bits per heavy atom. The zero-order valence-corrected chi connectivity index (χ0v) is 20.0. The van der Waals surface area contributed by atoms with Crippen LogP contribution < -0.4 is 5.32 Å². The van der Waals surface area contributed by atoms with Crippen molar-refractivity contribution in [2.45, 2.75) is 44.6 Å². The maximum atomic E-state index is 13.0. The van der Waals surface area contributed by atoms with Crippen molar-refractivity contribution in [3.05, 3.63) is 59.7 Å². The van der Waals surface area contributed by atoms with Crippen LogP contribution in [-0.4, -0.2) is 53.7 Å². The van der Waals surface area contributed by atoms with Crippen molar-refractivity contribution in [3.8, 4) is 11.1 Å². The number of benzene rings is 2. The maximum absolute atomic E-state index is 13.0. The molecule has 1 aliphatic heterocycles. The van der Waals surface area contributed by atoms with Crippen LogP contribution in [0, 0.1) is 17.8 Å². The number of aliphatic carboxylic acids is 1. The quantitative estimate of drug-likeness (QED) is 0.649. The van der Waals surface area contributed by atoms with Gasteiger partial charge in [0.2, 0.25) is 5.91 Å². The van der Waals surface area contributed by atoms with Gasteiger partial charge in [-0.1, -0.05) is 55.5 Å². The van der Waals surface area contributed by atoms with E-state index >= 15 is 0 Å². The fourth-order valence-electron chi connectivity index (χ4n) is 6.11. The monoisotopic (exact) mass is 476 g/mol. The third kappa shape index (κ3) is 4.77. The molecule has 0 spiro atoms. The number of hydrogen-bond acceptors (Lipinski definition) is 4. The van der Waals surface area contributed by atoms with Crippen LogP contribution in [-0.2, 0) is 14.3 Å². The molecule has 1 heterocycles. The molecule has 7 nitrogen and oxygen atoms in total. The number of amides is 2. The van der Waals surface area contributed by atoms with E-state index in [4.69, 9.17) is 9.84 Å². The lowest BCUT2D eigenvalue weighted by atomic mass is 9.95. The number of hydrogen-bond donors (Lipinski definition) is 2. The second-order valence-corrected chi connectivity index (χ2v) is 10.3. The predicted molar refractivity (Wildman–Crippen MR) is 131 cm³/mol. The lowest BCUT2D eigenvalue weighted by Crippen LogP contribution is -2.37. The van der Waals surface area contributed by atoms with E-state index in [-0.39, 0.29) is 48.6 Å². The van der Waals surface area contributed by atoms with Gasteiger partial charge in [-0.3, -0.25) is 9.59 Å². The largest absolute Gasteiger partial charge is 0.481 e. The minimum atomic E-state index is -0.815. The van der Waals surface area contributed by atoms with Crippen LogP contribution >= 0.6 is 0 Å². The number of alkyl carbamates (subject to hydrolysis) is 1. The minimum Gasteiger partial charge on any atom is -0.481 e. The van der Waals surface area contributed by atoms with Gasteiger partial charge in [-0.25, -0.2) is 4.79 Å². The van der Waals surface area contributed by atoms with E-state index in [1.165, 1.54) is 22.3 Å². The summed E-state index contributed by atoms with van der Waals surface area (Å²) in [5, 5.41) is 12.1. The highest BCUT2D eigenvalue weighted by Crippen LogP contribution is 2.44. The predicted octanol–water partition coefficient (Wildman–Crippen LogP) is 4.26. The van der Waals surface area contributed by atoms with Crippen LogP contribution in [0.2, 0.25) is 0 Å². The first-order valence-corrected chi connectivity index (χ1v) is 12.5. The summed E-state index contributed by atoms with van der Waals surface area (Å²) in [6, 6.07) is 16.4. The zero-order chi connectivity index (χ0) is 24.5. The molecule has 3 aliphatic rings.